The van der Waals surface area contributed by atoms with Gasteiger partial charge in [-0.25, -0.2) is 0 Å². The predicted molar refractivity (Wildman–Crippen MR) is 84.2 cm³/mol. The van der Waals surface area contributed by atoms with Crippen molar-refractivity contribution in [2.24, 2.45) is 0 Å². The van der Waals surface area contributed by atoms with Crippen LogP contribution in [0.25, 0.3) is 0 Å². The molecule has 1 saturated heterocycles. The van der Waals surface area contributed by atoms with E-state index in [-0.39, 0.29) is 0 Å². The van der Waals surface area contributed by atoms with Gasteiger partial charge in [0.15, 0.2) is 11.5 Å². The van der Waals surface area contributed by atoms with Gasteiger partial charge in [0.1, 0.15) is 0 Å². The van der Waals surface area contributed by atoms with Gasteiger partial charge in [0, 0.05) is 12.6 Å². The monoisotopic (exact) mass is 293 g/mol. The lowest BCUT2D eigenvalue weighted by Gasteiger charge is -2.19. The normalized spacial score (nSPS) is 19.5. The fourth-order valence-electron chi connectivity index (χ4n) is 2.97. The zero-order valence-corrected chi connectivity index (χ0v) is 13.4. The Labute approximate surface area is 127 Å². The minimum absolute atomic E-state index is 0.339. The van der Waals surface area contributed by atoms with E-state index in [2.05, 4.69) is 17.4 Å². The van der Waals surface area contributed by atoms with E-state index < -0.39 is 0 Å². The SMILES string of the molecule is CNC(CCCC1CCCO1)c1ccc(OC)c(OC)c1. The van der Waals surface area contributed by atoms with Crippen molar-refractivity contribution >= 4 is 0 Å². The summed E-state index contributed by atoms with van der Waals surface area (Å²) >= 11 is 0. The summed E-state index contributed by atoms with van der Waals surface area (Å²) in [6.45, 7) is 0.940. The molecule has 4 heteroatoms. The van der Waals surface area contributed by atoms with Crippen molar-refractivity contribution in [3.63, 3.8) is 0 Å². The summed E-state index contributed by atoms with van der Waals surface area (Å²) in [4.78, 5) is 0. The zero-order valence-electron chi connectivity index (χ0n) is 13.4. The van der Waals surface area contributed by atoms with E-state index in [1.807, 2.05) is 13.1 Å². The van der Waals surface area contributed by atoms with E-state index in [1.165, 1.54) is 24.8 Å². The van der Waals surface area contributed by atoms with E-state index in [0.717, 1.165) is 30.9 Å². The Hall–Kier alpha value is -1.26. The van der Waals surface area contributed by atoms with Crippen molar-refractivity contribution in [3.05, 3.63) is 23.8 Å². The van der Waals surface area contributed by atoms with Gasteiger partial charge < -0.3 is 19.5 Å². The van der Waals surface area contributed by atoms with Crippen molar-refractivity contribution in [1.29, 1.82) is 0 Å². The van der Waals surface area contributed by atoms with Crippen LogP contribution in [0.2, 0.25) is 0 Å². The predicted octanol–water partition coefficient (Wildman–Crippen LogP) is 3.31. The third-order valence-electron chi connectivity index (χ3n) is 4.20. The highest BCUT2D eigenvalue weighted by Crippen LogP contribution is 2.31. The molecule has 0 radical (unpaired) electrons. The second kappa shape index (κ2) is 8.25. The van der Waals surface area contributed by atoms with E-state index in [4.69, 9.17) is 14.2 Å². The number of ether oxygens (including phenoxy) is 3. The van der Waals surface area contributed by atoms with E-state index in [0.29, 0.717) is 12.1 Å². The molecule has 1 N–H and O–H groups in total. The number of nitrogens with one attached hydrogen (secondary N) is 1. The molecule has 1 aliphatic rings. The second-order valence-electron chi connectivity index (χ2n) is 5.52. The minimum Gasteiger partial charge on any atom is -0.493 e. The van der Waals surface area contributed by atoms with E-state index in [1.54, 1.807) is 14.2 Å². The maximum atomic E-state index is 5.68. The zero-order chi connectivity index (χ0) is 15.1. The maximum Gasteiger partial charge on any atom is 0.161 e. The number of hydrogen-bond acceptors (Lipinski definition) is 4. The highest BCUT2D eigenvalue weighted by atomic mass is 16.5. The van der Waals surface area contributed by atoms with Crippen molar-refractivity contribution in [1.82, 2.24) is 5.32 Å². The first-order valence-corrected chi connectivity index (χ1v) is 7.79. The Morgan fingerprint density at radius 1 is 1.29 bits per heavy atom. The Morgan fingerprint density at radius 3 is 2.71 bits per heavy atom. The minimum atomic E-state index is 0.339. The van der Waals surface area contributed by atoms with Crippen molar-refractivity contribution in [3.8, 4) is 11.5 Å². The first-order chi connectivity index (χ1) is 10.3. The molecule has 0 bridgehead atoms. The van der Waals surface area contributed by atoms with Gasteiger partial charge in [-0.1, -0.05) is 6.07 Å². The summed E-state index contributed by atoms with van der Waals surface area (Å²) in [5.41, 5.74) is 1.24. The standard InChI is InChI=1S/C17H27NO3/c1-18-15(8-4-6-14-7-5-11-21-14)13-9-10-16(19-2)17(12-13)20-3/h9-10,12,14-15,18H,4-8,11H2,1-3H3. The van der Waals surface area contributed by atoms with Crippen molar-refractivity contribution in [2.45, 2.75) is 44.2 Å². The molecule has 1 fully saturated rings. The Kier molecular flexibility index (Phi) is 6.33. The summed E-state index contributed by atoms with van der Waals surface area (Å²) in [6.07, 6.45) is 6.35. The van der Waals surface area contributed by atoms with Crippen molar-refractivity contribution in [2.75, 3.05) is 27.9 Å². The van der Waals surface area contributed by atoms with Gasteiger partial charge in [-0.3, -0.25) is 0 Å². The van der Waals surface area contributed by atoms with Crippen LogP contribution < -0.4 is 14.8 Å². The summed E-state index contributed by atoms with van der Waals surface area (Å²) in [6, 6.07) is 6.48. The number of methoxy groups -OCH3 is 2. The molecule has 21 heavy (non-hydrogen) atoms. The molecule has 0 aromatic heterocycles. The molecule has 1 aliphatic heterocycles. The van der Waals surface area contributed by atoms with Crippen LogP contribution in [0.3, 0.4) is 0 Å². The molecule has 1 aromatic rings. The third kappa shape index (κ3) is 4.35. The summed E-state index contributed by atoms with van der Waals surface area (Å²) in [7, 11) is 5.34. The molecule has 118 valence electrons. The van der Waals surface area contributed by atoms with Gasteiger partial charge in [-0.15, -0.1) is 0 Å². The van der Waals surface area contributed by atoms with Gasteiger partial charge >= 0.3 is 0 Å². The quantitative estimate of drug-likeness (QED) is 0.798. The average molecular weight is 293 g/mol. The van der Waals surface area contributed by atoms with Crippen LogP contribution in [-0.4, -0.2) is 34.0 Å². The molecule has 4 nitrogen and oxygen atoms in total. The second-order valence-corrected chi connectivity index (χ2v) is 5.52. The molecule has 2 rings (SSSR count). The van der Waals surface area contributed by atoms with Crippen LogP contribution in [-0.2, 0) is 4.74 Å². The summed E-state index contributed by atoms with van der Waals surface area (Å²) in [5, 5.41) is 3.40. The van der Waals surface area contributed by atoms with E-state index in [9.17, 15) is 0 Å². The highest BCUT2D eigenvalue weighted by molar-refractivity contribution is 5.43. The van der Waals surface area contributed by atoms with Crippen LogP contribution in [0.1, 0.15) is 43.7 Å². The molecular weight excluding hydrogens is 266 g/mol. The van der Waals surface area contributed by atoms with Gasteiger partial charge in [0.25, 0.3) is 0 Å². The maximum absolute atomic E-state index is 5.68. The van der Waals surface area contributed by atoms with Crippen LogP contribution in [0.5, 0.6) is 11.5 Å². The fourth-order valence-corrected chi connectivity index (χ4v) is 2.97. The highest BCUT2D eigenvalue weighted by Gasteiger charge is 2.17. The number of hydrogen-bond donors (Lipinski definition) is 1. The van der Waals surface area contributed by atoms with Gasteiger partial charge in [-0.05, 0) is 56.8 Å². The first-order valence-electron chi connectivity index (χ1n) is 7.79. The molecular formula is C17H27NO3. The van der Waals surface area contributed by atoms with E-state index >= 15 is 0 Å². The third-order valence-corrected chi connectivity index (χ3v) is 4.20. The first kappa shape index (κ1) is 16.1. The largest absolute Gasteiger partial charge is 0.493 e. The molecule has 0 amide bonds. The van der Waals surface area contributed by atoms with Crippen LogP contribution in [0, 0.1) is 0 Å². The molecule has 2 atom stereocenters. The van der Waals surface area contributed by atoms with Gasteiger partial charge in [0.05, 0.1) is 20.3 Å². The number of rotatable bonds is 8. The Bertz CT molecular complexity index is 430. The van der Waals surface area contributed by atoms with Crippen molar-refractivity contribution < 1.29 is 14.2 Å². The Balaban J connectivity index is 1.92. The molecule has 2 unspecified atom stereocenters. The molecule has 0 saturated carbocycles. The van der Waals surface area contributed by atoms with Gasteiger partial charge in [-0.2, -0.15) is 0 Å². The molecule has 0 spiro atoms. The summed E-state index contributed by atoms with van der Waals surface area (Å²) in [5.74, 6) is 1.56. The summed E-state index contributed by atoms with van der Waals surface area (Å²) < 4.78 is 16.4. The van der Waals surface area contributed by atoms with Crippen LogP contribution in [0.15, 0.2) is 18.2 Å². The van der Waals surface area contributed by atoms with Gasteiger partial charge in [0.2, 0.25) is 0 Å². The van der Waals surface area contributed by atoms with Crippen LogP contribution >= 0.6 is 0 Å². The smallest absolute Gasteiger partial charge is 0.161 e. The fraction of sp³-hybridized carbons (Fsp3) is 0.647. The Morgan fingerprint density at radius 2 is 2.10 bits per heavy atom. The van der Waals surface area contributed by atoms with Crippen LogP contribution in [0.4, 0.5) is 0 Å². The number of benzene rings is 1. The lowest BCUT2D eigenvalue weighted by atomic mass is 9.99. The molecule has 1 aromatic carbocycles. The lowest BCUT2D eigenvalue weighted by molar-refractivity contribution is 0.101. The topological polar surface area (TPSA) is 39.7 Å². The molecule has 0 aliphatic carbocycles. The lowest BCUT2D eigenvalue weighted by Crippen LogP contribution is -2.17. The average Bonchev–Trinajstić information content (AvgIpc) is 3.04. The molecule has 1 heterocycles.